The molecule has 0 unspecified atom stereocenters. The molecule has 0 spiro atoms. The van der Waals surface area contributed by atoms with E-state index in [-0.39, 0.29) is 0 Å². The van der Waals surface area contributed by atoms with Crippen LogP contribution in [0.2, 0.25) is 0 Å². The summed E-state index contributed by atoms with van der Waals surface area (Å²) in [6.45, 7) is 6.74. The Hall–Kier alpha value is -1.77. The maximum atomic E-state index is 4.66. The molecule has 0 saturated carbocycles. The number of H-pyrrole nitrogens is 1. The van der Waals surface area contributed by atoms with E-state index in [0.29, 0.717) is 0 Å². The van der Waals surface area contributed by atoms with E-state index in [1.54, 1.807) is 0 Å². The smallest absolute Gasteiger partial charge is 0.203 e. The second kappa shape index (κ2) is 10.9. The van der Waals surface area contributed by atoms with Crippen LogP contribution in [0, 0.1) is 0 Å². The Labute approximate surface area is 147 Å². The van der Waals surface area contributed by atoms with Crippen molar-refractivity contribution in [3.63, 3.8) is 0 Å². The molecule has 0 aliphatic carbocycles. The molecule has 0 amide bonds. The van der Waals surface area contributed by atoms with Gasteiger partial charge in [-0.2, -0.15) is 0 Å². The average Bonchev–Trinajstić information content (AvgIpc) is 3.11. The molecule has 0 atom stereocenters. The molecule has 1 aromatic heterocycles. The van der Waals surface area contributed by atoms with Crippen LogP contribution in [-0.4, -0.2) is 23.1 Å². The molecule has 0 aliphatic heterocycles. The summed E-state index contributed by atoms with van der Waals surface area (Å²) in [5, 5.41) is 0. The zero-order valence-corrected chi connectivity index (χ0v) is 15.4. The van der Waals surface area contributed by atoms with Crippen LogP contribution in [0.5, 0.6) is 0 Å². The summed E-state index contributed by atoms with van der Waals surface area (Å²) >= 11 is 0. The van der Waals surface area contributed by atoms with E-state index in [2.05, 4.69) is 53.0 Å². The van der Waals surface area contributed by atoms with E-state index in [1.165, 1.54) is 56.9 Å². The number of unbranched alkanes of at least 4 members (excludes halogenated alkanes) is 6. The standard InChI is InChI=1S/C21H33N3/c1-3-5-7-8-13-17-24(16-12-6-4-2)21-22-18-20(23-21)19-14-10-9-11-15-19/h9-11,14-15,18H,3-8,12-13,16-17H2,1-2H3,(H,22,23). The van der Waals surface area contributed by atoms with Gasteiger partial charge in [0.25, 0.3) is 0 Å². The van der Waals surface area contributed by atoms with Gasteiger partial charge in [0.1, 0.15) is 0 Å². The van der Waals surface area contributed by atoms with Gasteiger partial charge in [-0.25, -0.2) is 4.98 Å². The van der Waals surface area contributed by atoms with Crippen molar-refractivity contribution >= 4 is 5.95 Å². The first-order valence-electron chi connectivity index (χ1n) is 9.70. The molecular weight excluding hydrogens is 294 g/mol. The van der Waals surface area contributed by atoms with Crippen molar-refractivity contribution in [2.24, 2.45) is 0 Å². The summed E-state index contributed by atoms with van der Waals surface area (Å²) in [6.07, 6.45) is 12.4. The summed E-state index contributed by atoms with van der Waals surface area (Å²) in [7, 11) is 0. The monoisotopic (exact) mass is 327 g/mol. The van der Waals surface area contributed by atoms with E-state index in [9.17, 15) is 0 Å². The van der Waals surface area contributed by atoms with Crippen molar-refractivity contribution in [1.29, 1.82) is 0 Å². The second-order valence-corrected chi connectivity index (χ2v) is 6.59. The van der Waals surface area contributed by atoms with Crippen LogP contribution in [0.4, 0.5) is 5.95 Å². The van der Waals surface area contributed by atoms with Crippen molar-refractivity contribution in [2.75, 3.05) is 18.0 Å². The summed E-state index contributed by atoms with van der Waals surface area (Å²) in [5.74, 6) is 1.03. The average molecular weight is 328 g/mol. The van der Waals surface area contributed by atoms with Gasteiger partial charge in [-0.15, -0.1) is 0 Å². The zero-order valence-electron chi connectivity index (χ0n) is 15.4. The van der Waals surface area contributed by atoms with E-state index >= 15 is 0 Å². The summed E-state index contributed by atoms with van der Waals surface area (Å²) < 4.78 is 0. The van der Waals surface area contributed by atoms with Crippen molar-refractivity contribution < 1.29 is 0 Å². The number of imidazole rings is 1. The van der Waals surface area contributed by atoms with Crippen LogP contribution in [0.25, 0.3) is 11.3 Å². The van der Waals surface area contributed by atoms with Crippen molar-refractivity contribution in [3.05, 3.63) is 36.5 Å². The number of rotatable bonds is 12. The molecular formula is C21H33N3. The Morgan fingerprint density at radius 2 is 1.46 bits per heavy atom. The maximum Gasteiger partial charge on any atom is 0.203 e. The van der Waals surface area contributed by atoms with Crippen LogP contribution in [0.1, 0.15) is 65.2 Å². The van der Waals surface area contributed by atoms with Gasteiger partial charge in [-0.1, -0.05) is 82.7 Å². The number of hydrogen-bond donors (Lipinski definition) is 1. The van der Waals surface area contributed by atoms with E-state index < -0.39 is 0 Å². The number of nitrogens with one attached hydrogen (secondary N) is 1. The highest BCUT2D eigenvalue weighted by Gasteiger charge is 2.11. The molecule has 24 heavy (non-hydrogen) atoms. The number of aromatic amines is 1. The Balaban J connectivity index is 1.96. The molecule has 0 bridgehead atoms. The lowest BCUT2D eigenvalue weighted by molar-refractivity contribution is 0.599. The highest BCUT2D eigenvalue weighted by atomic mass is 15.3. The first kappa shape index (κ1) is 18.6. The largest absolute Gasteiger partial charge is 0.342 e. The number of aromatic nitrogens is 2. The molecule has 0 fully saturated rings. The van der Waals surface area contributed by atoms with Gasteiger partial charge in [0.2, 0.25) is 5.95 Å². The fourth-order valence-electron chi connectivity index (χ4n) is 3.02. The lowest BCUT2D eigenvalue weighted by Crippen LogP contribution is -2.26. The van der Waals surface area contributed by atoms with Crippen molar-refractivity contribution in [2.45, 2.75) is 65.2 Å². The third-order valence-electron chi connectivity index (χ3n) is 4.51. The number of benzene rings is 1. The molecule has 1 N–H and O–H groups in total. The molecule has 3 nitrogen and oxygen atoms in total. The van der Waals surface area contributed by atoms with Gasteiger partial charge in [0.05, 0.1) is 11.9 Å². The van der Waals surface area contributed by atoms with Gasteiger partial charge in [0, 0.05) is 13.1 Å². The molecule has 2 rings (SSSR count). The third kappa shape index (κ3) is 6.03. The fourth-order valence-corrected chi connectivity index (χ4v) is 3.02. The minimum Gasteiger partial charge on any atom is -0.342 e. The molecule has 132 valence electrons. The Morgan fingerprint density at radius 3 is 2.17 bits per heavy atom. The van der Waals surface area contributed by atoms with Gasteiger partial charge in [0.15, 0.2) is 0 Å². The molecule has 2 aromatic rings. The van der Waals surface area contributed by atoms with Crippen LogP contribution >= 0.6 is 0 Å². The number of hydrogen-bond acceptors (Lipinski definition) is 2. The SMILES string of the molecule is CCCCCCCN(CCCCC)c1ncc(-c2ccccc2)[nH]1. The zero-order chi connectivity index (χ0) is 17.0. The highest BCUT2D eigenvalue weighted by molar-refractivity contribution is 5.60. The third-order valence-corrected chi connectivity index (χ3v) is 4.51. The Morgan fingerprint density at radius 1 is 0.833 bits per heavy atom. The summed E-state index contributed by atoms with van der Waals surface area (Å²) in [5.41, 5.74) is 2.31. The second-order valence-electron chi connectivity index (χ2n) is 6.59. The van der Waals surface area contributed by atoms with Crippen LogP contribution in [0.3, 0.4) is 0 Å². The molecule has 3 heteroatoms. The minimum absolute atomic E-state index is 1.03. The first-order chi connectivity index (χ1) is 11.8. The number of anilines is 1. The van der Waals surface area contributed by atoms with Gasteiger partial charge in [-0.3, -0.25) is 0 Å². The van der Waals surface area contributed by atoms with Crippen LogP contribution in [-0.2, 0) is 0 Å². The predicted octanol–water partition coefficient (Wildman–Crippen LogP) is 6.04. The first-order valence-corrected chi connectivity index (χ1v) is 9.70. The van der Waals surface area contributed by atoms with E-state index in [1.807, 2.05) is 12.3 Å². The Kier molecular flexibility index (Phi) is 8.43. The quantitative estimate of drug-likeness (QED) is 0.482. The van der Waals surface area contributed by atoms with Crippen LogP contribution in [0.15, 0.2) is 36.5 Å². The molecule has 0 saturated heterocycles. The van der Waals surface area contributed by atoms with Crippen molar-refractivity contribution in [3.8, 4) is 11.3 Å². The summed E-state index contributed by atoms with van der Waals surface area (Å²) in [4.78, 5) is 10.6. The molecule has 0 aliphatic rings. The van der Waals surface area contributed by atoms with Gasteiger partial charge < -0.3 is 9.88 Å². The minimum atomic E-state index is 1.03. The van der Waals surface area contributed by atoms with Gasteiger partial charge >= 0.3 is 0 Å². The lowest BCUT2D eigenvalue weighted by atomic mass is 10.1. The molecule has 0 radical (unpaired) electrons. The van der Waals surface area contributed by atoms with E-state index in [4.69, 9.17) is 0 Å². The normalized spacial score (nSPS) is 10.9. The topological polar surface area (TPSA) is 31.9 Å². The maximum absolute atomic E-state index is 4.66. The van der Waals surface area contributed by atoms with Crippen LogP contribution < -0.4 is 4.90 Å². The predicted molar refractivity (Wildman–Crippen MR) is 105 cm³/mol. The molecule has 1 heterocycles. The fraction of sp³-hybridized carbons (Fsp3) is 0.571. The Bertz CT molecular complexity index is 547. The molecule has 1 aromatic carbocycles. The lowest BCUT2D eigenvalue weighted by Gasteiger charge is -2.22. The van der Waals surface area contributed by atoms with Gasteiger partial charge in [-0.05, 0) is 18.4 Å². The van der Waals surface area contributed by atoms with E-state index in [0.717, 1.165) is 24.7 Å². The summed E-state index contributed by atoms with van der Waals surface area (Å²) in [6, 6.07) is 10.5. The number of nitrogens with zero attached hydrogens (tertiary/aromatic N) is 2. The van der Waals surface area contributed by atoms with Crippen molar-refractivity contribution in [1.82, 2.24) is 9.97 Å². The highest BCUT2D eigenvalue weighted by Crippen LogP contribution is 2.20.